The van der Waals surface area contributed by atoms with E-state index in [1.54, 1.807) is 12.1 Å². The fourth-order valence-corrected chi connectivity index (χ4v) is 3.03. The lowest BCUT2D eigenvalue weighted by molar-refractivity contribution is 0.392. The Labute approximate surface area is 151 Å². The highest BCUT2D eigenvalue weighted by atomic mass is 16.5. The number of allylic oxidation sites excluding steroid dienone is 2. The van der Waals surface area contributed by atoms with E-state index in [1.165, 1.54) is 19.2 Å². The molecule has 0 spiro atoms. The van der Waals surface area contributed by atoms with Crippen molar-refractivity contribution in [2.24, 2.45) is 0 Å². The average Bonchev–Trinajstić information content (AvgIpc) is 2.89. The lowest BCUT2D eigenvalue weighted by Crippen LogP contribution is -1.95. The Kier molecular flexibility index (Phi) is 4.55. The van der Waals surface area contributed by atoms with Gasteiger partial charge in [-0.1, -0.05) is 11.6 Å². The molecule has 0 aliphatic rings. The summed E-state index contributed by atoms with van der Waals surface area (Å²) < 4.78 is 11.2. The molecule has 0 amide bonds. The first-order chi connectivity index (χ1) is 12.3. The molecule has 0 atom stereocenters. The molecular weight excluding hydrogens is 332 g/mol. The fraction of sp³-hybridized carbons (Fsp3) is 0.238. The summed E-state index contributed by atoms with van der Waals surface area (Å²) in [6, 6.07) is 6.30. The number of methoxy groups -OCH3 is 1. The van der Waals surface area contributed by atoms with Crippen LogP contribution in [0.4, 0.5) is 0 Å². The van der Waals surface area contributed by atoms with Crippen LogP contribution in [-0.4, -0.2) is 22.4 Å². The number of hydrogen-bond acceptors (Lipinski definition) is 5. The standard InChI is InChI=1S/C21H22O5/c1-11(2)5-7-15-17(25-4)10-16(23)19(20(15)24)21-12(3)14-8-6-13(22)9-18(14)26-21/h5-6,8-10,22-24H,7H2,1-4H3. The molecule has 0 aliphatic carbocycles. The largest absolute Gasteiger partial charge is 0.508 e. The molecule has 0 radical (unpaired) electrons. The molecule has 0 unspecified atom stereocenters. The number of aryl methyl sites for hydroxylation is 1. The van der Waals surface area contributed by atoms with Crippen molar-refractivity contribution in [3.05, 3.63) is 47.0 Å². The Morgan fingerprint density at radius 3 is 2.54 bits per heavy atom. The summed E-state index contributed by atoms with van der Waals surface area (Å²) in [7, 11) is 1.50. The molecule has 1 heterocycles. The highest BCUT2D eigenvalue weighted by molar-refractivity contribution is 5.91. The first kappa shape index (κ1) is 17.7. The zero-order valence-corrected chi connectivity index (χ0v) is 15.3. The second-order valence-electron chi connectivity index (χ2n) is 6.52. The van der Waals surface area contributed by atoms with Gasteiger partial charge >= 0.3 is 0 Å². The Morgan fingerprint density at radius 2 is 1.88 bits per heavy atom. The van der Waals surface area contributed by atoms with Crippen molar-refractivity contribution in [3.8, 4) is 34.3 Å². The number of fused-ring (bicyclic) bond motifs is 1. The molecule has 2 aromatic carbocycles. The van der Waals surface area contributed by atoms with Gasteiger partial charge in [0, 0.05) is 28.6 Å². The summed E-state index contributed by atoms with van der Waals surface area (Å²) >= 11 is 0. The van der Waals surface area contributed by atoms with Gasteiger partial charge in [0.2, 0.25) is 0 Å². The molecular formula is C21H22O5. The number of aromatic hydroxyl groups is 3. The highest BCUT2D eigenvalue weighted by Gasteiger charge is 2.24. The Bertz CT molecular complexity index is 1010. The number of rotatable bonds is 4. The van der Waals surface area contributed by atoms with Crippen molar-refractivity contribution in [2.45, 2.75) is 27.2 Å². The number of furan rings is 1. The van der Waals surface area contributed by atoms with E-state index in [0.29, 0.717) is 29.1 Å². The van der Waals surface area contributed by atoms with Crippen molar-refractivity contribution < 1.29 is 24.5 Å². The van der Waals surface area contributed by atoms with Crippen LogP contribution in [0.25, 0.3) is 22.3 Å². The van der Waals surface area contributed by atoms with E-state index in [2.05, 4.69) is 0 Å². The number of ether oxygens (including phenoxy) is 1. The smallest absolute Gasteiger partial charge is 0.145 e. The Balaban J connectivity index is 2.26. The molecule has 0 aliphatic heterocycles. The van der Waals surface area contributed by atoms with Crippen LogP contribution in [0, 0.1) is 6.92 Å². The minimum Gasteiger partial charge on any atom is -0.508 e. The maximum atomic E-state index is 10.9. The summed E-state index contributed by atoms with van der Waals surface area (Å²) in [5.74, 6) is 0.650. The SMILES string of the molecule is COc1cc(O)c(-c2oc3cc(O)ccc3c2C)c(O)c1CC=C(C)C. The molecule has 0 saturated heterocycles. The van der Waals surface area contributed by atoms with Gasteiger partial charge in [0.1, 0.15) is 39.9 Å². The molecule has 0 bridgehead atoms. The summed E-state index contributed by atoms with van der Waals surface area (Å²) in [5, 5.41) is 31.8. The molecule has 3 N–H and O–H groups in total. The van der Waals surface area contributed by atoms with Gasteiger partial charge in [-0.15, -0.1) is 0 Å². The molecule has 5 nitrogen and oxygen atoms in total. The highest BCUT2D eigenvalue weighted by Crippen LogP contribution is 2.47. The number of phenols is 3. The topological polar surface area (TPSA) is 83.1 Å². The van der Waals surface area contributed by atoms with Gasteiger partial charge in [-0.05, 0) is 39.3 Å². The van der Waals surface area contributed by atoms with Gasteiger partial charge in [0.05, 0.1) is 7.11 Å². The average molecular weight is 354 g/mol. The van der Waals surface area contributed by atoms with Crippen LogP contribution in [-0.2, 0) is 6.42 Å². The third-order valence-corrected chi connectivity index (χ3v) is 4.43. The molecule has 0 saturated carbocycles. The van der Waals surface area contributed by atoms with Crippen LogP contribution in [0.5, 0.6) is 23.0 Å². The third-order valence-electron chi connectivity index (χ3n) is 4.43. The van der Waals surface area contributed by atoms with Crippen molar-refractivity contribution in [3.63, 3.8) is 0 Å². The van der Waals surface area contributed by atoms with Gasteiger partial charge < -0.3 is 24.5 Å². The van der Waals surface area contributed by atoms with Crippen molar-refractivity contribution in [1.29, 1.82) is 0 Å². The van der Waals surface area contributed by atoms with E-state index in [4.69, 9.17) is 9.15 Å². The summed E-state index contributed by atoms with van der Waals surface area (Å²) in [4.78, 5) is 0. The zero-order valence-electron chi connectivity index (χ0n) is 15.3. The molecule has 5 heteroatoms. The first-order valence-corrected chi connectivity index (χ1v) is 8.31. The molecule has 3 rings (SSSR count). The molecule has 0 fully saturated rings. The van der Waals surface area contributed by atoms with Crippen molar-refractivity contribution in [2.75, 3.05) is 7.11 Å². The second-order valence-corrected chi connectivity index (χ2v) is 6.52. The minimum absolute atomic E-state index is 0.0780. The Morgan fingerprint density at radius 1 is 1.15 bits per heavy atom. The van der Waals surface area contributed by atoms with Crippen LogP contribution in [0.3, 0.4) is 0 Å². The molecule has 1 aromatic heterocycles. The van der Waals surface area contributed by atoms with Crippen molar-refractivity contribution >= 4 is 11.0 Å². The number of phenolic OH excluding ortho intramolecular Hbond substituents is 3. The normalized spacial score (nSPS) is 10.9. The molecule has 136 valence electrons. The maximum Gasteiger partial charge on any atom is 0.145 e. The predicted octanol–water partition coefficient (Wildman–Crippen LogP) is 5.04. The number of benzene rings is 2. The lowest BCUT2D eigenvalue weighted by atomic mass is 9.98. The molecule has 3 aromatic rings. The van der Waals surface area contributed by atoms with Crippen LogP contribution >= 0.6 is 0 Å². The third kappa shape index (κ3) is 2.96. The fourth-order valence-electron chi connectivity index (χ4n) is 3.03. The van der Waals surface area contributed by atoms with E-state index in [0.717, 1.165) is 16.5 Å². The van der Waals surface area contributed by atoms with Crippen LogP contribution in [0.2, 0.25) is 0 Å². The van der Waals surface area contributed by atoms with Crippen molar-refractivity contribution in [1.82, 2.24) is 0 Å². The van der Waals surface area contributed by atoms with Crippen LogP contribution in [0.15, 0.2) is 40.3 Å². The van der Waals surface area contributed by atoms with Gasteiger partial charge in [-0.3, -0.25) is 0 Å². The van der Waals surface area contributed by atoms with E-state index in [9.17, 15) is 15.3 Å². The second kappa shape index (κ2) is 6.67. The summed E-state index contributed by atoms with van der Waals surface area (Å²) in [5.41, 5.74) is 3.15. The lowest BCUT2D eigenvalue weighted by Gasteiger charge is -2.14. The Hall–Kier alpha value is -3.08. The van der Waals surface area contributed by atoms with E-state index >= 15 is 0 Å². The monoisotopic (exact) mass is 354 g/mol. The summed E-state index contributed by atoms with van der Waals surface area (Å²) in [6.45, 7) is 5.79. The van der Waals surface area contributed by atoms with Gasteiger partial charge in [0.15, 0.2) is 0 Å². The van der Waals surface area contributed by atoms with Crippen LogP contribution < -0.4 is 4.74 Å². The maximum absolute atomic E-state index is 10.9. The van der Waals surface area contributed by atoms with Gasteiger partial charge in [0.25, 0.3) is 0 Å². The van der Waals surface area contributed by atoms with Crippen LogP contribution in [0.1, 0.15) is 25.0 Å². The molecule has 26 heavy (non-hydrogen) atoms. The van der Waals surface area contributed by atoms with E-state index in [-0.39, 0.29) is 22.8 Å². The first-order valence-electron chi connectivity index (χ1n) is 8.31. The predicted molar refractivity (Wildman–Crippen MR) is 101 cm³/mol. The van der Waals surface area contributed by atoms with E-state index in [1.807, 2.05) is 26.8 Å². The van der Waals surface area contributed by atoms with Gasteiger partial charge in [-0.25, -0.2) is 0 Å². The van der Waals surface area contributed by atoms with E-state index < -0.39 is 0 Å². The number of hydrogen-bond donors (Lipinski definition) is 3. The summed E-state index contributed by atoms with van der Waals surface area (Å²) in [6.07, 6.45) is 2.44. The quantitative estimate of drug-likeness (QED) is 0.572. The minimum atomic E-state index is -0.133. The zero-order chi connectivity index (χ0) is 19.0. The van der Waals surface area contributed by atoms with Gasteiger partial charge in [-0.2, -0.15) is 0 Å².